The Balaban J connectivity index is 1.99. The van der Waals surface area contributed by atoms with E-state index in [1.165, 1.54) is 12.1 Å². The summed E-state index contributed by atoms with van der Waals surface area (Å²) in [6.07, 6.45) is 0.361. The molecule has 2 N–H and O–H groups in total. The van der Waals surface area contributed by atoms with Crippen molar-refractivity contribution in [3.8, 4) is 0 Å². The first kappa shape index (κ1) is 19.3. The van der Waals surface area contributed by atoms with Gasteiger partial charge in [-0.15, -0.1) is 0 Å². The van der Waals surface area contributed by atoms with E-state index in [0.717, 1.165) is 17.7 Å². The summed E-state index contributed by atoms with van der Waals surface area (Å²) in [5.74, 6) is 0. The average Bonchev–Trinajstić information content (AvgIpc) is 2.55. The van der Waals surface area contributed by atoms with Crippen molar-refractivity contribution in [2.45, 2.75) is 29.3 Å². The van der Waals surface area contributed by atoms with Gasteiger partial charge in [-0.05, 0) is 43.2 Å². The first-order valence-electron chi connectivity index (χ1n) is 7.47. The molecule has 8 heteroatoms. The zero-order valence-corrected chi connectivity index (χ0v) is 14.2. The smallest absolute Gasteiger partial charge is 0.385 e. The monoisotopic (exact) mass is 373 g/mol. The van der Waals surface area contributed by atoms with Gasteiger partial charge in [-0.1, -0.05) is 30.3 Å². The Kier molecular flexibility index (Phi) is 5.43. The fraction of sp³-hybridized carbons (Fsp3) is 0.294. The molecule has 0 amide bonds. The van der Waals surface area contributed by atoms with Gasteiger partial charge in [-0.3, -0.25) is 0 Å². The Bertz CT molecular complexity index is 801. The van der Waals surface area contributed by atoms with E-state index in [2.05, 4.69) is 5.32 Å². The van der Waals surface area contributed by atoms with Crippen LogP contribution < -0.4 is 5.32 Å². The molecule has 0 fully saturated rings. The van der Waals surface area contributed by atoms with E-state index >= 15 is 0 Å². The molecule has 2 aromatic carbocycles. The molecule has 136 valence electrons. The number of benzene rings is 2. The molecule has 0 bridgehead atoms. The first-order chi connectivity index (χ1) is 11.5. The SMILES string of the molecule is CC(O)(CCNc1ccc(S(=O)(=O)C(F)(F)F)cc1)c1ccccc1. The molecule has 0 radical (unpaired) electrons. The molecule has 2 aromatic rings. The summed E-state index contributed by atoms with van der Waals surface area (Å²) in [6, 6.07) is 13.4. The minimum atomic E-state index is -5.34. The molecule has 0 aromatic heterocycles. The molecular formula is C17H18F3NO3S. The van der Waals surface area contributed by atoms with Gasteiger partial charge in [-0.25, -0.2) is 8.42 Å². The summed E-state index contributed by atoms with van der Waals surface area (Å²) >= 11 is 0. The third-order valence-electron chi connectivity index (χ3n) is 3.81. The van der Waals surface area contributed by atoms with E-state index in [1.54, 1.807) is 19.1 Å². The molecule has 0 aliphatic rings. The average molecular weight is 373 g/mol. The van der Waals surface area contributed by atoms with Crippen molar-refractivity contribution >= 4 is 15.5 Å². The maximum absolute atomic E-state index is 12.5. The van der Waals surface area contributed by atoms with Crippen LogP contribution in [-0.4, -0.2) is 25.6 Å². The number of anilines is 1. The van der Waals surface area contributed by atoms with Crippen molar-refractivity contribution in [3.63, 3.8) is 0 Å². The predicted octanol–water partition coefficient (Wildman–Crippen LogP) is 3.69. The molecule has 2 rings (SSSR count). The number of hydrogen-bond acceptors (Lipinski definition) is 4. The number of nitrogens with one attached hydrogen (secondary N) is 1. The van der Waals surface area contributed by atoms with E-state index in [4.69, 9.17) is 0 Å². The number of aliphatic hydroxyl groups is 1. The summed E-state index contributed by atoms with van der Waals surface area (Å²) in [6.45, 7) is 2.02. The molecule has 1 unspecified atom stereocenters. The van der Waals surface area contributed by atoms with Gasteiger partial charge in [0.25, 0.3) is 9.84 Å². The number of sulfone groups is 1. The highest BCUT2D eigenvalue weighted by Crippen LogP contribution is 2.31. The van der Waals surface area contributed by atoms with Crippen LogP contribution in [0.1, 0.15) is 18.9 Å². The van der Waals surface area contributed by atoms with Gasteiger partial charge in [0.2, 0.25) is 0 Å². The summed E-state index contributed by atoms with van der Waals surface area (Å²) in [4.78, 5) is -0.804. The van der Waals surface area contributed by atoms with Crippen LogP contribution in [0.25, 0.3) is 0 Å². The lowest BCUT2D eigenvalue weighted by molar-refractivity contribution is -0.0436. The van der Waals surface area contributed by atoms with Crippen molar-refractivity contribution in [3.05, 3.63) is 60.2 Å². The molecule has 0 aliphatic carbocycles. The highest BCUT2D eigenvalue weighted by molar-refractivity contribution is 7.92. The van der Waals surface area contributed by atoms with Crippen LogP contribution >= 0.6 is 0 Å². The Morgan fingerprint density at radius 2 is 1.56 bits per heavy atom. The predicted molar refractivity (Wildman–Crippen MR) is 88.8 cm³/mol. The van der Waals surface area contributed by atoms with E-state index in [-0.39, 0.29) is 0 Å². The molecule has 0 spiro atoms. The van der Waals surface area contributed by atoms with Crippen LogP contribution in [-0.2, 0) is 15.4 Å². The maximum Gasteiger partial charge on any atom is 0.501 e. The van der Waals surface area contributed by atoms with Crippen LogP contribution in [0.2, 0.25) is 0 Å². The van der Waals surface area contributed by atoms with E-state index in [0.29, 0.717) is 18.7 Å². The number of halogens is 3. The quantitative estimate of drug-likeness (QED) is 0.811. The minimum absolute atomic E-state index is 0.354. The second-order valence-electron chi connectivity index (χ2n) is 5.79. The first-order valence-corrected chi connectivity index (χ1v) is 8.95. The lowest BCUT2D eigenvalue weighted by Gasteiger charge is -2.24. The standard InChI is InChI=1S/C17H18F3NO3S/c1-16(22,13-5-3-2-4-6-13)11-12-21-14-7-9-15(10-8-14)25(23,24)17(18,19)20/h2-10,21-22H,11-12H2,1H3. The summed E-state index contributed by atoms with van der Waals surface area (Å²) in [5, 5.41) is 13.4. The van der Waals surface area contributed by atoms with Gasteiger partial charge in [0, 0.05) is 12.2 Å². The van der Waals surface area contributed by atoms with Gasteiger partial charge >= 0.3 is 5.51 Å². The van der Waals surface area contributed by atoms with Crippen molar-refractivity contribution < 1.29 is 26.7 Å². The fourth-order valence-corrected chi connectivity index (χ4v) is 3.04. The zero-order valence-electron chi connectivity index (χ0n) is 13.4. The lowest BCUT2D eigenvalue weighted by Crippen LogP contribution is -2.24. The molecule has 0 saturated heterocycles. The van der Waals surface area contributed by atoms with Crippen molar-refractivity contribution in [1.82, 2.24) is 0 Å². The second-order valence-corrected chi connectivity index (χ2v) is 7.73. The van der Waals surface area contributed by atoms with Crippen LogP contribution in [0, 0.1) is 0 Å². The summed E-state index contributed by atoms with van der Waals surface area (Å²) < 4.78 is 60.0. The van der Waals surface area contributed by atoms with Crippen LogP contribution in [0.4, 0.5) is 18.9 Å². The van der Waals surface area contributed by atoms with Gasteiger partial charge in [0.1, 0.15) is 0 Å². The molecule has 1 atom stereocenters. The summed E-state index contributed by atoms with van der Waals surface area (Å²) in [7, 11) is -5.34. The van der Waals surface area contributed by atoms with Gasteiger partial charge in [0.15, 0.2) is 0 Å². The molecule has 4 nitrogen and oxygen atoms in total. The highest BCUT2D eigenvalue weighted by atomic mass is 32.2. The number of hydrogen-bond donors (Lipinski definition) is 2. The summed E-state index contributed by atoms with van der Waals surface area (Å²) in [5.41, 5.74) is -5.17. The van der Waals surface area contributed by atoms with Crippen molar-refractivity contribution in [2.75, 3.05) is 11.9 Å². The van der Waals surface area contributed by atoms with E-state index in [1.807, 2.05) is 18.2 Å². The van der Waals surface area contributed by atoms with Crippen LogP contribution in [0.15, 0.2) is 59.5 Å². The van der Waals surface area contributed by atoms with Crippen LogP contribution in [0.3, 0.4) is 0 Å². The molecule has 25 heavy (non-hydrogen) atoms. The molecule has 0 saturated carbocycles. The highest BCUT2D eigenvalue weighted by Gasteiger charge is 2.46. The van der Waals surface area contributed by atoms with Gasteiger partial charge in [0.05, 0.1) is 10.5 Å². The minimum Gasteiger partial charge on any atom is -0.385 e. The third kappa shape index (κ3) is 4.52. The molecule has 0 heterocycles. The lowest BCUT2D eigenvalue weighted by atomic mass is 9.92. The van der Waals surface area contributed by atoms with Crippen molar-refractivity contribution in [1.29, 1.82) is 0 Å². The number of rotatable bonds is 6. The largest absolute Gasteiger partial charge is 0.501 e. The zero-order chi connectivity index (χ0) is 18.7. The van der Waals surface area contributed by atoms with Crippen molar-refractivity contribution in [2.24, 2.45) is 0 Å². The third-order valence-corrected chi connectivity index (χ3v) is 5.31. The van der Waals surface area contributed by atoms with Crippen LogP contribution in [0.5, 0.6) is 0 Å². The van der Waals surface area contributed by atoms with E-state index < -0.39 is 25.8 Å². The van der Waals surface area contributed by atoms with E-state index in [9.17, 15) is 26.7 Å². The maximum atomic E-state index is 12.5. The molecular weight excluding hydrogens is 355 g/mol. The van der Waals surface area contributed by atoms with Gasteiger partial charge < -0.3 is 10.4 Å². The molecule has 0 aliphatic heterocycles. The normalized spacial score (nSPS) is 14.8. The fourth-order valence-electron chi connectivity index (χ4n) is 2.28. The Morgan fingerprint density at radius 1 is 1.00 bits per heavy atom. The Labute approximate surface area is 144 Å². The van der Waals surface area contributed by atoms with Gasteiger partial charge in [-0.2, -0.15) is 13.2 Å². The Morgan fingerprint density at radius 3 is 2.08 bits per heavy atom. The topological polar surface area (TPSA) is 66.4 Å². The second kappa shape index (κ2) is 7.05. The number of alkyl halides is 3. The Hall–Kier alpha value is -2.06.